The normalized spacial score (nSPS) is 33.5. The molecule has 27 atom stereocenters. The fourth-order valence-corrected chi connectivity index (χ4v) is 15.6. The van der Waals surface area contributed by atoms with E-state index in [1.165, 1.54) is 44.6 Å². The number of hydrogen-bond acceptors (Lipinski definition) is 32. The van der Waals surface area contributed by atoms with E-state index in [1.54, 1.807) is 6.08 Å². The monoisotopic (exact) mass is 1580 g/mol. The second-order valence-electron chi connectivity index (χ2n) is 28.2. The van der Waals surface area contributed by atoms with Crippen LogP contribution in [0.1, 0.15) is 162 Å². The number of thioether (sulfide) groups is 1. The number of urea groups is 1. The zero-order chi connectivity index (χ0) is 78.0. The van der Waals surface area contributed by atoms with Gasteiger partial charge in [-0.05, 0) is 38.5 Å². The Morgan fingerprint density at radius 2 is 1.20 bits per heavy atom. The highest BCUT2D eigenvalue weighted by Crippen LogP contribution is 2.41. The van der Waals surface area contributed by atoms with E-state index in [4.69, 9.17) is 37.9 Å². The molecule has 39 nitrogen and oxygen atoms in total. The number of carboxylic acids is 2. The van der Waals surface area contributed by atoms with Crippen LogP contribution < -0.4 is 54.4 Å². The smallest absolute Gasteiger partial charge is 0.315 e. The van der Waals surface area contributed by atoms with Crippen LogP contribution in [0.4, 0.5) is 4.79 Å². The number of carbonyl (C=O) groups excluding carboxylic acids is 7. The van der Waals surface area contributed by atoms with E-state index < -0.39 is 222 Å². The molecular formula is C68H122N8O31S. The molecule has 0 aromatic rings. The average molecular weight is 1580 g/mol. The van der Waals surface area contributed by atoms with Gasteiger partial charge in [-0.3, -0.25) is 19.2 Å². The second-order valence-corrected chi connectivity index (χ2v) is 29.5. The maximum absolute atomic E-state index is 13.5. The van der Waals surface area contributed by atoms with Gasteiger partial charge in [0.05, 0.1) is 81.6 Å². The maximum atomic E-state index is 13.5. The van der Waals surface area contributed by atoms with Crippen LogP contribution in [0.3, 0.4) is 0 Å². The third-order valence-electron chi connectivity index (χ3n) is 19.9. The minimum atomic E-state index is -3.54. The van der Waals surface area contributed by atoms with Gasteiger partial charge >= 0.3 is 6.03 Å². The van der Waals surface area contributed by atoms with Crippen LogP contribution in [0.5, 0.6) is 0 Å². The van der Waals surface area contributed by atoms with E-state index in [0.717, 1.165) is 64.5 Å². The molecule has 0 spiro atoms. The number of amides is 6. The number of aliphatic hydroxyl groups excluding tert-OH is 14. The number of carboxylic acid groups (broad SMARTS) is 2. The highest BCUT2D eigenvalue weighted by atomic mass is 32.2. The quantitative estimate of drug-likeness (QED) is 0.0153. The van der Waals surface area contributed by atoms with E-state index >= 15 is 0 Å². The van der Waals surface area contributed by atoms with Gasteiger partial charge in [-0.25, -0.2) is 4.79 Å². The predicted octanol–water partition coefficient (Wildman–Crippen LogP) is -6.44. The van der Waals surface area contributed by atoms with Crippen molar-refractivity contribution in [1.82, 2.24) is 44.2 Å². The summed E-state index contributed by atoms with van der Waals surface area (Å²) in [6.07, 6.45) is -23.3. The summed E-state index contributed by atoms with van der Waals surface area (Å²) in [6, 6.07) is -4.85. The molecule has 6 heterocycles. The lowest BCUT2D eigenvalue weighted by Gasteiger charge is -2.53. The van der Waals surface area contributed by atoms with Crippen LogP contribution in [0.15, 0.2) is 12.2 Å². The van der Waals surface area contributed by atoms with E-state index in [1.807, 2.05) is 11.8 Å². The molecule has 0 aromatic carbocycles. The minimum absolute atomic E-state index is 0. The molecule has 6 fully saturated rings. The molecule has 626 valence electrons. The second kappa shape index (κ2) is 47.0. The van der Waals surface area contributed by atoms with Crippen molar-refractivity contribution in [2.75, 3.05) is 45.3 Å². The number of quaternary nitrogens is 2. The van der Waals surface area contributed by atoms with Gasteiger partial charge in [0.2, 0.25) is 35.2 Å². The highest BCUT2D eigenvalue weighted by molar-refractivity contribution is 8.00. The number of rotatable bonds is 47. The third-order valence-corrected chi connectivity index (χ3v) is 21.4. The first-order valence-electron chi connectivity index (χ1n) is 36.9. The van der Waals surface area contributed by atoms with Gasteiger partial charge < -0.3 is 173 Å². The standard InChI is InChI=1S/C68H116N6O31S.2H3N/c1-4-5-6-7-8-9-10-11-12-13-14-15-17-22-39(81)37(72-48(86)25-18-16-21-26-69-47(85)24-20-19-23-46-49-38(34-106-46)73-66(97)74-49)33-98-62-56(91)55(90)58(45(32-78)100-62)101-63-57(92)61(53(88)43(30-76)99-63)105-68(65(95)96)28-41(83)51(71-36(3)80)60(104-68)54(89)44(31-77)102-67(64(93)94)27-40(82)50(70-35(2)79)59(103-67)52(87)42(84)29-75;;/h17,22,37-46,49-63,75-78,81-84,87-92H,4-16,18-21,23-34H2,1-3H3,(H,69,85)(H,70,79)(H,71,80)(H,72,86)(H,93,94)(H,95,96)(H2,73,74,97);2*1H3/b22-17+;;/t37-,38-,39+,40-,41-,42+,43+,44+,45+,46-,49-,50+,51+,52+,53-,54+,55+,56+,57+,58+,59+,60+,61-,62+,63-,67+,68-;;/m0../s1. The van der Waals surface area contributed by atoms with Gasteiger partial charge in [0, 0.05) is 57.1 Å². The number of aliphatic hydroxyl groups is 14. The van der Waals surface area contributed by atoms with Crippen molar-refractivity contribution in [2.45, 2.75) is 325 Å². The molecule has 28 N–H and O–H groups in total. The average Bonchev–Trinajstić information content (AvgIpc) is 1.47. The summed E-state index contributed by atoms with van der Waals surface area (Å²) in [7, 11) is 0. The van der Waals surface area contributed by atoms with Gasteiger partial charge in [0.15, 0.2) is 12.6 Å². The SMILES string of the molecule is CCCCCCCCCCCCC/C=C/[C@@H](O)[C@H](CO[C@@H]1O[C@H](CO)[C@@H](O[C@@H]2O[C@H](CO)[C@H](O)[C@H](O[C@]3(C(=O)[O-])C[C@H](O)[C@@H](NC(C)=O)[C@H]([C@H](O)[C@@H](CO)O[C@]4(C(=O)[O-])C[C@H](O)[C@@H](NC(C)=O)[C@H]([C@H](O)[C@H](O)CO)O4)O3)[C@H]2O)[C@H](O)[C@H]1O)NC(=O)CCCCCNC(=O)CCCC[C@@H]1SC[C@@H]2NC(=O)N[C@@H]21.[NH4+].[NH4+]. The molecule has 6 aliphatic rings. The first-order valence-corrected chi connectivity index (χ1v) is 38.0. The Kier molecular flexibility index (Phi) is 41.6. The highest BCUT2D eigenvalue weighted by Gasteiger charge is 2.60. The zero-order valence-electron chi connectivity index (χ0n) is 62.2. The fraction of sp³-hybridized carbons (Fsp3) is 0.868. The summed E-state index contributed by atoms with van der Waals surface area (Å²) < 4.78 is 46.0. The number of fused-ring (bicyclic) bond motifs is 1. The van der Waals surface area contributed by atoms with Gasteiger partial charge in [-0.15, -0.1) is 0 Å². The molecule has 108 heavy (non-hydrogen) atoms. The van der Waals surface area contributed by atoms with Crippen molar-refractivity contribution in [3.63, 3.8) is 0 Å². The van der Waals surface area contributed by atoms with E-state index in [2.05, 4.69) is 38.8 Å². The molecule has 6 amide bonds. The Balaban J connectivity index is 0.0000123. The Labute approximate surface area is 631 Å². The van der Waals surface area contributed by atoms with Gasteiger partial charge in [-0.2, -0.15) is 11.8 Å². The zero-order valence-corrected chi connectivity index (χ0v) is 63.0. The lowest BCUT2D eigenvalue weighted by molar-refractivity contribution is -0.415. The number of carbonyl (C=O) groups is 7. The summed E-state index contributed by atoms with van der Waals surface area (Å²) in [4.78, 5) is 89.1. The molecular weight excluding hydrogens is 1460 g/mol. The van der Waals surface area contributed by atoms with Crippen LogP contribution in [0.2, 0.25) is 0 Å². The maximum Gasteiger partial charge on any atom is 0.315 e. The largest absolute Gasteiger partial charge is 0.544 e. The van der Waals surface area contributed by atoms with Crippen LogP contribution in [-0.4, -0.2) is 322 Å². The first kappa shape index (κ1) is 95.6. The Bertz CT molecular complexity index is 2770. The van der Waals surface area contributed by atoms with Crippen molar-refractivity contribution < 1.29 is 153 Å². The molecule has 0 saturated carbocycles. The van der Waals surface area contributed by atoms with Crippen molar-refractivity contribution in [1.29, 1.82) is 0 Å². The minimum Gasteiger partial charge on any atom is -0.544 e. The number of hydrogen-bond donors (Lipinski definition) is 22. The van der Waals surface area contributed by atoms with E-state index in [0.29, 0.717) is 50.3 Å². The van der Waals surface area contributed by atoms with Gasteiger partial charge in [-0.1, -0.05) is 96.1 Å². The summed E-state index contributed by atoms with van der Waals surface area (Å²) in [5, 5.41) is 199. The van der Waals surface area contributed by atoms with Crippen LogP contribution in [0.25, 0.3) is 0 Å². The Morgan fingerprint density at radius 3 is 1.79 bits per heavy atom. The van der Waals surface area contributed by atoms with Crippen LogP contribution in [-0.2, 0) is 66.7 Å². The lowest BCUT2D eigenvalue weighted by Crippen LogP contribution is -2.73. The van der Waals surface area contributed by atoms with Crippen LogP contribution in [0, 0.1) is 0 Å². The van der Waals surface area contributed by atoms with Crippen molar-refractivity contribution >= 4 is 53.4 Å². The summed E-state index contributed by atoms with van der Waals surface area (Å²) in [5.41, 5.74) is 0. The van der Waals surface area contributed by atoms with Gasteiger partial charge in [0.1, 0.15) is 97.4 Å². The molecule has 6 saturated heterocycles. The molecule has 0 aliphatic carbocycles. The molecule has 6 rings (SSSR count). The molecule has 0 aromatic heterocycles. The topological polar surface area (TPSA) is 668 Å². The number of unbranched alkanes of at least 4 members (excludes halogenated alkanes) is 14. The molecule has 6 aliphatic heterocycles. The molecule has 40 heteroatoms. The summed E-state index contributed by atoms with van der Waals surface area (Å²) in [6.45, 7) is -1.06. The number of aliphatic carboxylic acids is 2. The first-order chi connectivity index (χ1) is 50.5. The Morgan fingerprint density at radius 1 is 0.648 bits per heavy atom. The number of nitrogens with one attached hydrogen (secondary N) is 6. The van der Waals surface area contributed by atoms with Crippen molar-refractivity contribution in [2.24, 2.45) is 0 Å². The van der Waals surface area contributed by atoms with Gasteiger partial charge in [0.25, 0.3) is 0 Å². The molecule has 0 bridgehead atoms. The lowest BCUT2D eigenvalue weighted by atomic mass is 9.87. The fourth-order valence-electron chi connectivity index (χ4n) is 14.0. The third kappa shape index (κ3) is 27.0. The number of allylic oxidation sites excluding steroid dienone is 1. The predicted molar refractivity (Wildman–Crippen MR) is 376 cm³/mol. The summed E-state index contributed by atoms with van der Waals surface area (Å²) >= 11 is 1.81. The summed E-state index contributed by atoms with van der Waals surface area (Å²) in [5.74, 6) is -13.4. The van der Waals surface area contributed by atoms with Crippen molar-refractivity contribution in [3.8, 4) is 0 Å². The van der Waals surface area contributed by atoms with Crippen molar-refractivity contribution in [3.05, 3.63) is 12.2 Å². The molecule has 0 unspecified atom stereocenters. The number of ether oxygens (including phenoxy) is 8. The van der Waals surface area contributed by atoms with Crippen LogP contribution >= 0.6 is 11.8 Å². The van der Waals surface area contributed by atoms with E-state index in [9.17, 15) is 115 Å². The van der Waals surface area contributed by atoms with E-state index in [-0.39, 0.29) is 42.7 Å². The molecule has 0 radical (unpaired) electrons. The Hall–Kier alpha value is -4.78.